The summed E-state index contributed by atoms with van der Waals surface area (Å²) in [6, 6.07) is 4.39. The Kier molecular flexibility index (Phi) is 7.90. The van der Waals surface area contributed by atoms with E-state index in [-0.39, 0.29) is 36.5 Å². The minimum atomic E-state index is -0.841. The van der Waals surface area contributed by atoms with E-state index < -0.39 is 12.5 Å². The number of hydrogen-bond acceptors (Lipinski definition) is 5. The zero-order valence-electron chi connectivity index (χ0n) is 18.1. The van der Waals surface area contributed by atoms with E-state index in [0.29, 0.717) is 25.5 Å². The summed E-state index contributed by atoms with van der Waals surface area (Å²) in [5.74, 6) is -0.248. The van der Waals surface area contributed by atoms with Gasteiger partial charge >= 0.3 is 0 Å². The van der Waals surface area contributed by atoms with Crippen LogP contribution in [0, 0.1) is 5.82 Å². The number of hydrogen-bond donors (Lipinski definition) is 2. The Hall–Kier alpha value is -2.61. The van der Waals surface area contributed by atoms with Crippen LogP contribution in [0.2, 0.25) is 0 Å². The number of benzene rings is 1. The van der Waals surface area contributed by atoms with E-state index in [4.69, 9.17) is 0 Å². The number of carbonyl (C=O) groups is 1. The third-order valence-corrected chi connectivity index (χ3v) is 5.70. The van der Waals surface area contributed by atoms with Gasteiger partial charge in [0.05, 0.1) is 18.8 Å². The van der Waals surface area contributed by atoms with Crippen LogP contribution in [0.25, 0.3) is 0 Å². The number of aliphatic hydroxyl groups is 1. The first-order chi connectivity index (χ1) is 14.9. The average Bonchev–Trinajstić information content (AvgIpc) is 2.78. The van der Waals surface area contributed by atoms with Gasteiger partial charge in [-0.3, -0.25) is 4.79 Å². The standard InChI is InChI=1S/C23H30F2N4O2/c1-3-4-16(17-5-6-18(11-24)20(25)9-17)10-22(31)29-8-7-19-12-26-23(27-15(2)14-30)28-21(19)13-29/h5-6,9,12,15-16,30H,3-4,7-8,10-11,13-14H2,1-2H3,(H,26,27,28). The molecule has 168 valence electrons. The summed E-state index contributed by atoms with van der Waals surface area (Å²) in [5.41, 5.74) is 2.58. The predicted molar refractivity (Wildman–Crippen MR) is 115 cm³/mol. The number of aromatic nitrogens is 2. The second-order valence-electron chi connectivity index (χ2n) is 8.13. The highest BCUT2D eigenvalue weighted by molar-refractivity contribution is 5.77. The number of anilines is 1. The van der Waals surface area contributed by atoms with E-state index in [1.165, 1.54) is 12.1 Å². The molecule has 1 aliphatic heterocycles. The van der Waals surface area contributed by atoms with Crippen molar-refractivity contribution in [2.75, 3.05) is 18.5 Å². The van der Waals surface area contributed by atoms with E-state index in [1.54, 1.807) is 17.2 Å². The molecule has 2 aromatic rings. The van der Waals surface area contributed by atoms with Crippen molar-refractivity contribution in [2.45, 2.75) is 64.7 Å². The van der Waals surface area contributed by atoms with Gasteiger partial charge in [0, 0.05) is 30.8 Å². The number of alkyl halides is 1. The zero-order valence-corrected chi connectivity index (χ0v) is 18.1. The van der Waals surface area contributed by atoms with Crippen molar-refractivity contribution in [2.24, 2.45) is 0 Å². The fourth-order valence-electron chi connectivity index (χ4n) is 3.85. The van der Waals surface area contributed by atoms with Crippen LogP contribution in [0.3, 0.4) is 0 Å². The van der Waals surface area contributed by atoms with Crippen LogP contribution in [0.1, 0.15) is 61.4 Å². The SMILES string of the molecule is CCCC(CC(=O)N1CCc2cnc(NC(C)CO)nc2C1)c1ccc(CF)c(F)c1. The number of halogens is 2. The van der Waals surface area contributed by atoms with Gasteiger partial charge in [-0.2, -0.15) is 0 Å². The molecule has 6 nitrogen and oxygen atoms in total. The lowest BCUT2D eigenvalue weighted by Gasteiger charge is -2.30. The molecule has 8 heteroatoms. The summed E-state index contributed by atoms with van der Waals surface area (Å²) in [7, 11) is 0. The van der Waals surface area contributed by atoms with E-state index in [1.807, 2.05) is 13.8 Å². The molecule has 0 bridgehead atoms. The highest BCUT2D eigenvalue weighted by atomic mass is 19.1. The highest BCUT2D eigenvalue weighted by Crippen LogP contribution is 2.29. The maximum atomic E-state index is 14.1. The lowest BCUT2D eigenvalue weighted by Crippen LogP contribution is -2.37. The first kappa shape index (κ1) is 23.1. The molecule has 2 unspecified atom stereocenters. The molecule has 0 radical (unpaired) electrons. The van der Waals surface area contributed by atoms with Gasteiger partial charge < -0.3 is 15.3 Å². The lowest BCUT2D eigenvalue weighted by atomic mass is 9.90. The van der Waals surface area contributed by atoms with E-state index in [9.17, 15) is 18.7 Å². The molecule has 1 aromatic carbocycles. The molecule has 0 aliphatic carbocycles. The number of carbonyl (C=O) groups excluding carboxylic acids is 1. The van der Waals surface area contributed by atoms with Crippen LogP contribution < -0.4 is 5.32 Å². The third-order valence-electron chi connectivity index (χ3n) is 5.70. The normalized spacial score (nSPS) is 15.3. The fraction of sp³-hybridized carbons (Fsp3) is 0.522. The van der Waals surface area contributed by atoms with E-state index in [0.717, 1.165) is 29.7 Å². The molecule has 2 atom stereocenters. The molecule has 0 fully saturated rings. The van der Waals surface area contributed by atoms with Crippen molar-refractivity contribution in [1.82, 2.24) is 14.9 Å². The molecular formula is C23H30F2N4O2. The molecule has 3 rings (SSSR count). The van der Waals surface area contributed by atoms with Gasteiger partial charge in [0.25, 0.3) is 0 Å². The number of nitrogens with zero attached hydrogens (tertiary/aromatic N) is 3. The van der Waals surface area contributed by atoms with E-state index >= 15 is 0 Å². The Labute approximate surface area is 181 Å². The van der Waals surface area contributed by atoms with Crippen LogP contribution in [-0.2, 0) is 24.4 Å². The maximum absolute atomic E-state index is 14.1. The first-order valence-corrected chi connectivity index (χ1v) is 10.8. The Bertz CT molecular complexity index is 909. The maximum Gasteiger partial charge on any atom is 0.223 e. The smallest absolute Gasteiger partial charge is 0.223 e. The van der Waals surface area contributed by atoms with Gasteiger partial charge in [-0.1, -0.05) is 25.5 Å². The molecule has 1 aliphatic rings. The van der Waals surface area contributed by atoms with Gasteiger partial charge in [-0.15, -0.1) is 0 Å². The number of nitrogens with one attached hydrogen (secondary N) is 1. The van der Waals surface area contributed by atoms with Crippen LogP contribution in [0.4, 0.5) is 14.7 Å². The molecule has 0 saturated heterocycles. The summed E-state index contributed by atoms with van der Waals surface area (Å²) in [6.07, 6.45) is 4.33. The van der Waals surface area contributed by atoms with Gasteiger partial charge in [0.15, 0.2) is 0 Å². The highest BCUT2D eigenvalue weighted by Gasteiger charge is 2.25. The van der Waals surface area contributed by atoms with Gasteiger partial charge in [-0.05, 0) is 42.9 Å². The summed E-state index contributed by atoms with van der Waals surface area (Å²) < 4.78 is 26.9. The molecule has 2 N–H and O–H groups in total. The van der Waals surface area contributed by atoms with Crippen molar-refractivity contribution in [3.63, 3.8) is 0 Å². The van der Waals surface area contributed by atoms with Crippen LogP contribution >= 0.6 is 0 Å². The van der Waals surface area contributed by atoms with Crippen LogP contribution in [0.5, 0.6) is 0 Å². The van der Waals surface area contributed by atoms with Crippen LogP contribution in [0.15, 0.2) is 24.4 Å². The molecule has 0 saturated carbocycles. The van der Waals surface area contributed by atoms with Crippen molar-refractivity contribution in [3.8, 4) is 0 Å². The average molecular weight is 433 g/mol. The minimum Gasteiger partial charge on any atom is -0.394 e. The zero-order chi connectivity index (χ0) is 22.4. The number of rotatable bonds is 9. The van der Waals surface area contributed by atoms with Crippen molar-refractivity contribution in [1.29, 1.82) is 0 Å². The monoisotopic (exact) mass is 432 g/mol. The van der Waals surface area contributed by atoms with Crippen molar-refractivity contribution >= 4 is 11.9 Å². The number of aliphatic hydroxyl groups excluding tert-OH is 1. The molecule has 1 amide bonds. The molecule has 0 spiro atoms. The second-order valence-corrected chi connectivity index (χ2v) is 8.13. The molecule has 31 heavy (non-hydrogen) atoms. The Morgan fingerprint density at radius 1 is 1.39 bits per heavy atom. The van der Waals surface area contributed by atoms with Gasteiger partial charge in [0.1, 0.15) is 12.5 Å². The van der Waals surface area contributed by atoms with Crippen molar-refractivity contribution < 1.29 is 18.7 Å². The topological polar surface area (TPSA) is 78.4 Å². The Balaban J connectivity index is 1.71. The van der Waals surface area contributed by atoms with Gasteiger partial charge in [-0.25, -0.2) is 18.7 Å². The summed E-state index contributed by atoms with van der Waals surface area (Å²) in [5, 5.41) is 12.2. The summed E-state index contributed by atoms with van der Waals surface area (Å²) >= 11 is 0. The molecule has 1 aromatic heterocycles. The van der Waals surface area contributed by atoms with Crippen LogP contribution in [-0.4, -0.2) is 45.1 Å². The Morgan fingerprint density at radius 3 is 2.87 bits per heavy atom. The third kappa shape index (κ3) is 5.76. The second kappa shape index (κ2) is 10.6. The summed E-state index contributed by atoms with van der Waals surface area (Å²) in [4.78, 5) is 23.7. The number of amides is 1. The fourth-order valence-corrected chi connectivity index (χ4v) is 3.85. The minimum absolute atomic E-state index is 0.00377. The largest absolute Gasteiger partial charge is 0.394 e. The van der Waals surface area contributed by atoms with Gasteiger partial charge in [0.2, 0.25) is 11.9 Å². The molecular weight excluding hydrogens is 402 g/mol. The van der Waals surface area contributed by atoms with Crippen molar-refractivity contribution in [3.05, 3.63) is 52.6 Å². The lowest BCUT2D eigenvalue weighted by molar-refractivity contribution is -0.132. The van der Waals surface area contributed by atoms with E-state index in [2.05, 4.69) is 15.3 Å². The predicted octanol–water partition coefficient (Wildman–Crippen LogP) is 3.74. The summed E-state index contributed by atoms with van der Waals surface area (Å²) in [6.45, 7) is 3.97. The first-order valence-electron chi connectivity index (χ1n) is 10.8. The quantitative estimate of drug-likeness (QED) is 0.631. The Morgan fingerprint density at radius 2 is 2.19 bits per heavy atom. The molecule has 2 heterocycles. The number of fused-ring (bicyclic) bond motifs is 1.